The SMILES string of the molecule is CCCC(C(=O)NCC12COCC1C2)c1ccccc1. The van der Waals surface area contributed by atoms with Crippen molar-refractivity contribution in [1.29, 1.82) is 0 Å². The van der Waals surface area contributed by atoms with Crippen LogP contribution in [0.1, 0.15) is 37.7 Å². The fourth-order valence-electron chi connectivity index (χ4n) is 3.33. The predicted octanol–water partition coefficient (Wildman–Crippen LogP) is 2.72. The molecule has 1 aromatic carbocycles. The van der Waals surface area contributed by atoms with Crippen molar-refractivity contribution in [2.75, 3.05) is 19.8 Å². The van der Waals surface area contributed by atoms with Gasteiger partial charge in [0.15, 0.2) is 0 Å². The van der Waals surface area contributed by atoms with Crippen LogP contribution in [0.2, 0.25) is 0 Å². The van der Waals surface area contributed by atoms with E-state index in [2.05, 4.69) is 24.4 Å². The molecule has 2 fully saturated rings. The largest absolute Gasteiger partial charge is 0.380 e. The molecular formula is C17H23NO2. The molecule has 1 amide bonds. The Bertz CT molecular complexity index is 473. The van der Waals surface area contributed by atoms with Gasteiger partial charge in [-0.1, -0.05) is 43.7 Å². The van der Waals surface area contributed by atoms with E-state index >= 15 is 0 Å². The van der Waals surface area contributed by atoms with E-state index in [0.29, 0.717) is 5.92 Å². The summed E-state index contributed by atoms with van der Waals surface area (Å²) in [7, 11) is 0. The van der Waals surface area contributed by atoms with Crippen LogP contribution in [0.3, 0.4) is 0 Å². The molecular weight excluding hydrogens is 250 g/mol. The summed E-state index contributed by atoms with van der Waals surface area (Å²) in [6, 6.07) is 10.1. The van der Waals surface area contributed by atoms with E-state index in [9.17, 15) is 4.79 Å². The van der Waals surface area contributed by atoms with Crippen LogP contribution in [0.4, 0.5) is 0 Å². The lowest BCUT2D eigenvalue weighted by atomic mass is 9.93. The number of rotatable bonds is 6. The molecule has 3 unspecified atom stereocenters. The lowest BCUT2D eigenvalue weighted by Gasteiger charge is -2.19. The molecule has 0 radical (unpaired) electrons. The minimum absolute atomic E-state index is 0.0166. The van der Waals surface area contributed by atoms with Crippen LogP contribution < -0.4 is 5.32 Å². The molecule has 3 nitrogen and oxygen atoms in total. The van der Waals surface area contributed by atoms with Gasteiger partial charge in [-0.05, 0) is 24.3 Å². The Morgan fingerprint density at radius 1 is 1.45 bits per heavy atom. The van der Waals surface area contributed by atoms with Crippen molar-refractivity contribution >= 4 is 5.91 Å². The first-order valence-electron chi connectivity index (χ1n) is 7.65. The third-order valence-corrected chi connectivity index (χ3v) is 4.78. The van der Waals surface area contributed by atoms with E-state index in [0.717, 1.165) is 38.2 Å². The van der Waals surface area contributed by atoms with E-state index in [1.165, 1.54) is 6.42 Å². The van der Waals surface area contributed by atoms with Gasteiger partial charge >= 0.3 is 0 Å². The van der Waals surface area contributed by atoms with Crippen molar-refractivity contribution in [1.82, 2.24) is 5.32 Å². The smallest absolute Gasteiger partial charge is 0.227 e. The first-order chi connectivity index (χ1) is 9.75. The van der Waals surface area contributed by atoms with Gasteiger partial charge < -0.3 is 10.1 Å². The highest BCUT2D eigenvalue weighted by molar-refractivity contribution is 5.83. The van der Waals surface area contributed by atoms with Crippen LogP contribution in [0, 0.1) is 11.3 Å². The van der Waals surface area contributed by atoms with E-state index in [4.69, 9.17) is 4.74 Å². The van der Waals surface area contributed by atoms with E-state index in [1.54, 1.807) is 0 Å². The Morgan fingerprint density at radius 3 is 2.85 bits per heavy atom. The molecule has 1 aliphatic heterocycles. The second-order valence-corrected chi connectivity index (χ2v) is 6.25. The molecule has 1 saturated heterocycles. The number of hydrogen-bond donors (Lipinski definition) is 1. The van der Waals surface area contributed by atoms with Gasteiger partial charge in [-0.25, -0.2) is 0 Å². The number of carbonyl (C=O) groups excluding carboxylic acids is 1. The third kappa shape index (κ3) is 2.59. The summed E-state index contributed by atoms with van der Waals surface area (Å²) < 4.78 is 5.48. The lowest BCUT2D eigenvalue weighted by Crippen LogP contribution is -2.35. The molecule has 20 heavy (non-hydrogen) atoms. The van der Waals surface area contributed by atoms with Gasteiger partial charge in [-0.2, -0.15) is 0 Å². The fourth-order valence-corrected chi connectivity index (χ4v) is 3.33. The molecule has 3 rings (SSSR count). The number of ether oxygens (including phenoxy) is 1. The van der Waals surface area contributed by atoms with Gasteiger partial charge in [0.25, 0.3) is 0 Å². The maximum atomic E-state index is 12.5. The Morgan fingerprint density at radius 2 is 2.25 bits per heavy atom. The van der Waals surface area contributed by atoms with Gasteiger partial charge in [0, 0.05) is 12.0 Å². The molecule has 3 atom stereocenters. The van der Waals surface area contributed by atoms with Crippen LogP contribution in [0.5, 0.6) is 0 Å². The van der Waals surface area contributed by atoms with Crippen LogP contribution >= 0.6 is 0 Å². The zero-order valence-corrected chi connectivity index (χ0v) is 12.1. The van der Waals surface area contributed by atoms with Crippen molar-refractivity contribution in [2.24, 2.45) is 11.3 Å². The van der Waals surface area contributed by atoms with E-state index in [-0.39, 0.29) is 17.2 Å². The van der Waals surface area contributed by atoms with Crippen LogP contribution in [0.15, 0.2) is 30.3 Å². The first kappa shape index (κ1) is 13.6. The van der Waals surface area contributed by atoms with Gasteiger partial charge in [-0.15, -0.1) is 0 Å². The van der Waals surface area contributed by atoms with Crippen molar-refractivity contribution in [3.8, 4) is 0 Å². The zero-order chi connectivity index (χ0) is 14.0. The maximum Gasteiger partial charge on any atom is 0.227 e. The van der Waals surface area contributed by atoms with Crippen LogP contribution in [-0.2, 0) is 9.53 Å². The van der Waals surface area contributed by atoms with E-state index in [1.807, 2.05) is 18.2 Å². The highest BCUT2D eigenvalue weighted by atomic mass is 16.5. The van der Waals surface area contributed by atoms with Crippen molar-refractivity contribution < 1.29 is 9.53 Å². The van der Waals surface area contributed by atoms with Gasteiger partial charge in [0.05, 0.1) is 19.1 Å². The minimum Gasteiger partial charge on any atom is -0.380 e. The molecule has 1 aromatic rings. The molecule has 3 heteroatoms. The topological polar surface area (TPSA) is 38.3 Å². The second-order valence-electron chi connectivity index (χ2n) is 6.25. The monoisotopic (exact) mass is 273 g/mol. The normalized spacial score (nSPS) is 28.8. The Balaban J connectivity index is 1.61. The summed E-state index contributed by atoms with van der Waals surface area (Å²) >= 11 is 0. The number of benzene rings is 1. The van der Waals surface area contributed by atoms with Crippen LogP contribution in [0.25, 0.3) is 0 Å². The molecule has 1 N–H and O–H groups in total. The summed E-state index contributed by atoms with van der Waals surface area (Å²) in [4.78, 5) is 12.5. The summed E-state index contributed by atoms with van der Waals surface area (Å²) in [5, 5.41) is 3.17. The molecule has 1 aliphatic carbocycles. The second kappa shape index (κ2) is 5.57. The molecule has 1 saturated carbocycles. The summed E-state index contributed by atoms with van der Waals surface area (Å²) in [5.74, 6) is 0.839. The number of hydrogen-bond acceptors (Lipinski definition) is 2. The standard InChI is InChI=1S/C17H23NO2/c1-2-6-15(13-7-4-3-5-8-13)16(19)18-11-17-9-14(17)10-20-12-17/h3-5,7-8,14-15H,2,6,9-12H2,1H3,(H,18,19). The summed E-state index contributed by atoms with van der Waals surface area (Å²) in [6.07, 6.45) is 3.14. The predicted molar refractivity (Wildman–Crippen MR) is 78.5 cm³/mol. The minimum atomic E-state index is -0.0166. The summed E-state index contributed by atoms with van der Waals surface area (Å²) in [5.41, 5.74) is 1.39. The molecule has 0 spiro atoms. The van der Waals surface area contributed by atoms with Gasteiger partial charge in [0.2, 0.25) is 5.91 Å². The molecule has 2 aliphatic rings. The van der Waals surface area contributed by atoms with Gasteiger partial charge in [0.1, 0.15) is 0 Å². The first-order valence-corrected chi connectivity index (χ1v) is 7.65. The van der Waals surface area contributed by atoms with Gasteiger partial charge in [-0.3, -0.25) is 4.79 Å². The third-order valence-electron chi connectivity index (χ3n) is 4.78. The number of nitrogens with one attached hydrogen (secondary N) is 1. The Kier molecular flexibility index (Phi) is 3.79. The average molecular weight is 273 g/mol. The van der Waals surface area contributed by atoms with Crippen LogP contribution in [-0.4, -0.2) is 25.7 Å². The molecule has 0 aromatic heterocycles. The zero-order valence-electron chi connectivity index (χ0n) is 12.1. The highest BCUT2D eigenvalue weighted by Gasteiger charge is 2.58. The highest BCUT2D eigenvalue weighted by Crippen LogP contribution is 2.56. The fraction of sp³-hybridized carbons (Fsp3) is 0.588. The quantitative estimate of drug-likeness (QED) is 0.865. The lowest BCUT2D eigenvalue weighted by molar-refractivity contribution is -0.123. The Hall–Kier alpha value is -1.35. The van der Waals surface area contributed by atoms with Crippen molar-refractivity contribution in [3.05, 3.63) is 35.9 Å². The average Bonchev–Trinajstić information content (AvgIpc) is 3.04. The maximum absolute atomic E-state index is 12.5. The number of fused-ring (bicyclic) bond motifs is 1. The molecule has 108 valence electrons. The molecule has 1 heterocycles. The van der Waals surface area contributed by atoms with Crippen molar-refractivity contribution in [3.63, 3.8) is 0 Å². The van der Waals surface area contributed by atoms with Crippen molar-refractivity contribution in [2.45, 2.75) is 32.1 Å². The molecule has 0 bridgehead atoms. The Labute approximate surface area is 120 Å². The number of carbonyl (C=O) groups is 1. The summed E-state index contributed by atoms with van der Waals surface area (Å²) in [6.45, 7) is 4.61. The number of amides is 1. The van der Waals surface area contributed by atoms with E-state index < -0.39 is 0 Å².